The van der Waals surface area contributed by atoms with Crippen molar-refractivity contribution in [1.29, 1.82) is 0 Å². The zero-order valence-corrected chi connectivity index (χ0v) is 14.7. The van der Waals surface area contributed by atoms with E-state index in [9.17, 15) is 22.8 Å². The van der Waals surface area contributed by atoms with Crippen molar-refractivity contribution in [2.24, 2.45) is 5.73 Å². The molecule has 2 aromatic carbocycles. The third-order valence-electron chi connectivity index (χ3n) is 3.42. The van der Waals surface area contributed by atoms with Crippen LogP contribution in [0.5, 0.6) is 5.75 Å². The summed E-state index contributed by atoms with van der Waals surface area (Å²) in [6, 6.07) is 8.84. The number of rotatable bonds is 4. The highest BCUT2D eigenvalue weighted by molar-refractivity contribution is 7.80. The number of carbonyl (C=O) groups is 2. The number of amides is 2. The van der Waals surface area contributed by atoms with Crippen LogP contribution in [0.25, 0.3) is 0 Å². The Balaban J connectivity index is 2.10. The molecule has 10 heteroatoms. The molecule has 27 heavy (non-hydrogen) atoms. The molecular weight excluding hydrogens is 383 g/mol. The summed E-state index contributed by atoms with van der Waals surface area (Å²) in [6.45, 7) is 0. The lowest BCUT2D eigenvalue weighted by atomic mass is 10.1. The van der Waals surface area contributed by atoms with Crippen LogP contribution in [0.4, 0.5) is 18.9 Å². The average molecular weight is 397 g/mol. The lowest BCUT2D eigenvalue weighted by Gasteiger charge is -2.14. The summed E-state index contributed by atoms with van der Waals surface area (Å²) in [5.74, 6) is -1.82. The van der Waals surface area contributed by atoms with Crippen LogP contribution in [-0.4, -0.2) is 24.0 Å². The Morgan fingerprint density at radius 1 is 1.07 bits per heavy atom. The van der Waals surface area contributed by atoms with Gasteiger partial charge in [-0.3, -0.25) is 14.9 Å². The molecule has 2 aromatic rings. The van der Waals surface area contributed by atoms with Crippen LogP contribution in [0.2, 0.25) is 0 Å². The summed E-state index contributed by atoms with van der Waals surface area (Å²) in [6.07, 6.45) is -4.68. The van der Waals surface area contributed by atoms with Gasteiger partial charge in [-0.05, 0) is 54.7 Å². The first-order valence-corrected chi connectivity index (χ1v) is 7.80. The molecule has 2 rings (SSSR count). The van der Waals surface area contributed by atoms with Crippen LogP contribution in [0.15, 0.2) is 42.5 Å². The zero-order valence-electron chi connectivity index (χ0n) is 13.9. The molecule has 142 valence electrons. The fourth-order valence-corrected chi connectivity index (χ4v) is 2.34. The topological polar surface area (TPSA) is 93.4 Å². The second kappa shape index (κ2) is 8.04. The second-order valence-corrected chi connectivity index (χ2v) is 5.67. The number of primary amides is 1. The number of hydrogen-bond donors (Lipinski definition) is 3. The summed E-state index contributed by atoms with van der Waals surface area (Å²) in [5.41, 5.74) is 4.56. The highest BCUT2D eigenvalue weighted by atomic mass is 32.1. The Kier molecular flexibility index (Phi) is 6.01. The van der Waals surface area contributed by atoms with E-state index in [1.165, 1.54) is 30.3 Å². The van der Waals surface area contributed by atoms with E-state index in [1.807, 2.05) is 0 Å². The SMILES string of the molecule is COc1ccc(C(=O)NC(=S)Nc2ccc(C(N)=O)cc2)cc1C(F)(F)F. The van der Waals surface area contributed by atoms with Gasteiger partial charge in [-0.15, -0.1) is 0 Å². The molecule has 0 bridgehead atoms. The lowest BCUT2D eigenvalue weighted by molar-refractivity contribution is -0.138. The number of carbonyl (C=O) groups excluding carboxylic acids is 2. The summed E-state index contributed by atoms with van der Waals surface area (Å²) in [7, 11) is 1.10. The second-order valence-electron chi connectivity index (χ2n) is 5.26. The smallest absolute Gasteiger partial charge is 0.419 e. The standard InChI is InChI=1S/C17H14F3N3O3S/c1-26-13-7-4-10(8-12(13)17(18,19)20)15(25)23-16(27)22-11-5-2-9(3-6-11)14(21)24/h2-8H,1H3,(H2,21,24)(H2,22,23,25,27). The zero-order chi connectivity index (χ0) is 20.2. The van der Waals surface area contributed by atoms with Crippen molar-refractivity contribution in [3.05, 3.63) is 59.2 Å². The molecule has 0 aliphatic heterocycles. The minimum absolute atomic E-state index is 0.129. The molecule has 4 N–H and O–H groups in total. The first kappa shape index (κ1) is 20.2. The number of benzene rings is 2. The van der Waals surface area contributed by atoms with Crippen LogP contribution in [-0.2, 0) is 6.18 Å². The predicted octanol–water partition coefficient (Wildman–Crippen LogP) is 2.94. The molecule has 0 saturated carbocycles. The summed E-state index contributed by atoms with van der Waals surface area (Å²) in [4.78, 5) is 23.2. The fraction of sp³-hybridized carbons (Fsp3) is 0.118. The Labute approximate surface area is 157 Å². The third-order valence-corrected chi connectivity index (χ3v) is 3.63. The molecule has 6 nitrogen and oxygen atoms in total. The van der Waals surface area contributed by atoms with Crippen LogP contribution >= 0.6 is 12.2 Å². The Hall–Kier alpha value is -3.14. The quantitative estimate of drug-likeness (QED) is 0.690. The van der Waals surface area contributed by atoms with Gasteiger partial charge in [-0.25, -0.2) is 0 Å². The monoisotopic (exact) mass is 397 g/mol. The average Bonchev–Trinajstić information content (AvgIpc) is 2.60. The maximum absolute atomic E-state index is 13.0. The van der Waals surface area contributed by atoms with Crippen molar-refractivity contribution in [1.82, 2.24) is 5.32 Å². The largest absolute Gasteiger partial charge is 0.496 e. The molecule has 0 fully saturated rings. The third kappa shape index (κ3) is 5.17. The molecule has 0 aliphatic rings. The van der Waals surface area contributed by atoms with Gasteiger partial charge in [0.2, 0.25) is 5.91 Å². The minimum Gasteiger partial charge on any atom is -0.496 e. The molecule has 0 aromatic heterocycles. The summed E-state index contributed by atoms with van der Waals surface area (Å²) < 4.78 is 43.8. The number of halogens is 3. The van der Waals surface area contributed by atoms with Gasteiger partial charge >= 0.3 is 6.18 Å². The molecule has 0 radical (unpaired) electrons. The van der Waals surface area contributed by atoms with Crippen LogP contribution in [0.1, 0.15) is 26.3 Å². The van der Waals surface area contributed by atoms with Gasteiger partial charge in [-0.1, -0.05) is 0 Å². The Morgan fingerprint density at radius 3 is 2.19 bits per heavy atom. The Morgan fingerprint density at radius 2 is 1.67 bits per heavy atom. The first-order chi connectivity index (χ1) is 12.6. The number of ether oxygens (including phenoxy) is 1. The highest BCUT2D eigenvalue weighted by Crippen LogP contribution is 2.36. The molecule has 0 heterocycles. The number of nitrogens with one attached hydrogen (secondary N) is 2. The van der Waals surface area contributed by atoms with Crippen molar-refractivity contribution in [3.8, 4) is 5.75 Å². The van der Waals surface area contributed by atoms with Crippen molar-refractivity contribution >= 4 is 34.8 Å². The van der Waals surface area contributed by atoms with E-state index in [0.717, 1.165) is 13.2 Å². The molecular formula is C17H14F3N3O3S. The lowest BCUT2D eigenvalue weighted by Crippen LogP contribution is -2.34. The van der Waals surface area contributed by atoms with E-state index in [0.29, 0.717) is 11.8 Å². The van der Waals surface area contributed by atoms with Crippen molar-refractivity contribution in [2.75, 3.05) is 12.4 Å². The van der Waals surface area contributed by atoms with E-state index in [1.54, 1.807) is 0 Å². The summed E-state index contributed by atoms with van der Waals surface area (Å²) >= 11 is 4.97. The molecule has 0 unspecified atom stereocenters. The number of anilines is 1. The van der Waals surface area contributed by atoms with Crippen LogP contribution in [0, 0.1) is 0 Å². The van der Waals surface area contributed by atoms with Gasteiger partial charge in [0.1, 0.15) is 5.75 Å². The summed E-state index contributed by atoms with van der Waals surface area (Å²) in [5, 5.41) is 4.83. The van der Waals surface area contributed by atoms with Crippen molar-refractivity contribution in [2.45, 2.75) is 6.18 Å². The van der Waals surface area contributed by atoms with Gasteiger partial charge in [0.25, 0.3) is 5.91 Å². The maximum atomic E-state index is 13.0. The Bertz CT molecular complexity index is 883. The van der Waals surface area contributed by atoms with E-state index >= 15 is 0 Å². The minimum atomic E-state index is -4.68. The van der Waals surface area contributed by atoms with E-state index in [4.69, 9.17) is 18.0 Å². The first-order valence-electron chi connectivity index (χ1n) is 7.39. The van der Waals surface area contributed by atoms with Crippen molar-refractivity contribution < 1.29 is 27.5 Å². The van der Waals surface area contributed by atoms with Gasteiger partial charge in [0, 0.05) is 16.8 Å². The molecule has 0 saturated heterocycles. The molecule has 0 aliphatic carbocycles. The van der Waals surface area contributed by atoms with E-state index in [-0.39, 0.29) is 16.2 Å². The van der Waals surface area contributed by atoms with Gasteiger partial charge < -0.3 is 15.8 Å². The number of hydrogen-bond acceptors (Lipinski definition) is 4. The van der Waals surface area contributed by atoms with Crippen LogP contribution < -0.4 is 21.1 Å². The fourth-order valence-electron chi connectivity index (χ4n) is 2.13. The number of nitrogens with two attached hydrogens (primary N) is 1. The number of alkyl halides is 3. The van der Waals surface area contributed by atoms with E-state index in [2.05, 4.69) is 15.4 Å². The van der Waals surface area contributed by atoms with Gasteiger partial charge in [0.15, 0.2) is 5.11 Å². The maximum Gasteiger partial charge on any atom is 0.419 e. The van der Waals surface area contributed by atoms with Crippen LogP contribution in [0.3, 0.4) is 0 Å². The highest BCUT2D eigenvalue weighted by Gasteiger charge is 2.35. The van der Waals surface area contributed by atoms with Gasteiger partial charge in [0.05, 0.1) is 12.7 Å². The molecule has 2 amide bonds. The molecule has 0 atom stereocenters. The number of methoxy groups -OCH3 is 1. The predicted molar refractivity (Wildman–Crippen MR) is 96.6 cm³/mol. The van der Waals surface area contributed by atoms with E-state index < -0.39 is 29.3 Å². The normalized spacial score (nSPS) is 10.8. The van der Waals surface area contributed by atoms with Gasteiger partial charge in [-0.2, -0.15) is 13.2 Å². The van der Waals surface area contributed by atoms with Crippen molar-refractivity contribution in [3.63, 3.8) is 0 Å². The molecule has 0 spiro atoms. The number of thiocarbonyl (C=S) groups is 1.